The second kappa shape index (κ2) is 13.2. The molecule has 0 aromatic heterocycles. The van der Waals surface area contributed by atoms with Gasteiger partial charge in [-0.05, 0) is 55.3 Å². The highest BCUT2D eigenvalue weighted by Gasteiger charge is 2.33. The summed E-state index contributed by atoms with van der Waals surface area (Å²) >= 11 is 12.4. The third kappa shape index (κ3) is 7.23. The van der Waals surface area contributed by atoms with Crippen molar-refractivity contribution in [2.75, 3.05) is 25.0 Å². The van der Waals surface area contributed by atoms with Gasteiger partial charge in [-0.2, -0.15) is 0 Å². The molecule has 0 radical (unpaired) electrons. The number of nitrogens with zero attached hydrogens (tertiary/aromatic N) is 2. The molecule has 1 atom stereocenters. The van der Waals surface area contributed by atoms with Crippen LogP contribution in [0.2, 0.25) is 10.0 Å². The Labute approximate surface area is 239 Å². The van der Waals surface area contributed by atoms with Gasteiger partial charge in [0, 0.05) is 29.7 Å². The Morgan fingerprint density at radius 2 is 1.72 bits per heavy atom. The van der Waals surface area contributed by atoms with Crippen molar-refractivity contribution in [3.05, 3.63) is 87.9 Å². The van der Waals surface area contributed by atoms with Gasteiger partial charge in [0.05, 0.1) is 17.7 Å². The fraction of sp³-hybridized carbons (Fsp3) is 0.286. The van der Waals surface area contributed by atoms with Crippen LogP contribution < -0.4 is 14.4 Å². The lowest BCUT2D eigenvalue weighted by Crippen LogP contribution is -2.51. The van der Waals surface area contributed by atoms with Gasteiger partial charge in [0.25, 0.3) is 10.0 Å². The van der Waals surface area contributed by atoms with Gasteiger partial charge < -0.3 is 15.0 Å². The van der Waals surface area contributed by atoms with E-state index in [2.05, 4.69) is 5.32 Å². The van der Waals surface area contributed by atoms with E-state index in [-0.39, 0.29) is 23.0 Å². The molecule has 0 fully saturated rings. The Kier molecular flexibility index (Phi) is 10.2. The van der Waals surface area contributed by atoms with E-state index in [1.165, 1.54) is 37.3 Å². The first kappa shape index (κ1) is 30.3. The summed E-state index contributed by atoms with van der Waals surface area (Å²) in [5.41, 5.74) is 1.69. The second-order valence-corrected chi connectivity index (χ2v) is 11.5. The first-order chi connectivity index (χ1) is 18.5. The topological polar surface area (TPSA) is 96.0 Å². The average Bonchev–Trinajstić information content (AvgIpc) is 2.92. The van der Waals surface area contributed by atoms with Crippen LogP contribution >= 0.6 is 23.2 Å². The van der Waals surface area contributed by atoms with Gasteiger partial charge in [0.2, 0.25) is 11.8 Å². The largest absolute Gasteiger partial charge is 0.497 e. The van der Waals surface area contributed by atoms with Crippen molar-refractivity contribution in [2.45, 2.75) is 37.8 Å². The van der Waals surface area contributed by atoms with Gasteiger partial charge in [-0.1, -0.05) is 60.0 Å². The van der Waals surface area contributed by atoms with E-state index in [1.807, 2.05) is 6.92 Å². The minimum absolute atomic E-state index is 0.0226. The summed E-state index contributed by atoms with van der Waals surface area (Å²) in [6.07, 6.45) is 0.292. The fourth-order valence-electron chi connectivity index (χ4n) is 4.05. The smallest absolute Gasteiger partial charge is 0.264 e. The van der Waals surface area contributed by atoms with Crippen molar-refractivity contribution in [3.63, 3.8) is 0 Å². The average molecular weight is 593 g/mol. The number of hydrogen-bond donors (Lipinski definition) is 1. The van der Waals surface area contributed by atoms with Crippen LogP contribution in [0.3, 0.4) is 0 Å². The van der Waals surface area contributed by atoms with Gasteiger partial charge in [0.1, 0.15) is 18.3 Å². The lowest BCUT2D eigenvalue weighted by atomic mass is 10.1. The molecule has 1 unspecified atom stereocenters. The summed E-state index contributed by atoms with van der Waals surface area (Å²) < 4.78 is 34.1. The van der Waals surface area contributed by atoms with Gasteiger partial charge in [-0.25, -0.2) is 8.42 Å². The van der Waals surface area contributed by atoms with E-state index in [9.17, 15) is 18.0 Å². The van der Waals surface area contributed by atoms with Crippen LogP contribution in [0.1, 0.15) is 24.5 Å². The SMILES string of the molecule is CCC(C(=O)NC)N(Cc1ccc(Cl)cc1Cl)C(=O)CN(c1cccc(OC)c1)S(=O)(=O)c1ccc(C)cc1. The van der Waals surface area contributed by atoms with Crippen molar-refractivity contribution >= 4 is 50.7 Å². The van der Waals surface area contributed by atoms with Crippen LogP contribution in [-0.4, -0.2) is 51.9 Å². The maximum absolute atomic E-state index is 14.0. The Bertz CT molecular complexity index is 1430. The van der Waals surface area contributed by atoms with E-state index in [0.29, 0.717) is 27.8 Å². The predicted octanol–water partition coefficient (Wildman–Crippen LogP) is 5.06. The normalized spacial score (nSPS) is 11.9. The molecule has 0 heterocycles. The monoisotopic (exact) mass is 591 g/mol. The number of carbonyl (C=O) groups excluding carboxylic acids is 2. The third-order valence-corrected chi connectivity index (χ3v) is 8.59. The highest BCUT2D eigenvalue weighted by atomic mass is 35.5. The Hall–Kier alpha value is -3.27. The number of anilines is 1. The molecule has 0 saturated heterocycles. The van der Waals surface area contributed by atoms with Crippen LogP contribution in [-0.2, 0) is 26.2 Å². The highest BCUT2D eigenvalue weighted by molar-refractivity contribution is 7.92. The molecular weight excluding hydrogens is 561 g/mol. The Morgan fingerprint density at radius 3 is 2.31 bits per heavy atom. The number of benzene rings is 3. The number of nitrogens with one attached hydrogen (secondary N) is 1. The minimum atomic E-state index is -4.18. The number of amides is 2. The summed E-state index contributed by atoms with van der Waals surface area (Å²) in [4.78, 5) is 28.1. The van der Waals surface area contributed by atoms with E-state index >= 15 is 0 Å². The van der Waals surface area contributed by atoms with E-state index in [1.54, 1.807) is 55.5 Å². The second-order valence-electron chi connectivity index (χ2n) is 8.82. The highest BCUT2D eigenvalue weighted by Crippen LogP contribution is 2.29. The molecule has 0 bridgehead atoms. The molecule has 11 heteroatoms. The van der Waals surface area contributed by atoms with Crippen molar-refractivity contribution in [3.8, 4) is 5.75 Å². The number of methoxy groups -OCH3 is 1. The van der Waals surface area contributed by atoms with E-state index < -0.39 is 28.5 Å². The van der Waals surface area contributed by atoms with Crippen LogP contribution in [0.5, 0.6) is 5.75 Å². The van der Waals surface area contributed by atoms with Gasteiger partial charge >= 0.3 is 0 Å². The summed E-state index contributed by atoms with van der Waals surface area (Å²) in [5, 5.41) is 3.33. The number of hydrogen-bond acceptors (Lipinski definition) is 5. The quantitative estimate of drug-likeness (QED) is 0.336. The van der Waals surface area contributed by atoms with Crippen molar-refractivity contribution < 1.29 is 22.7 Å². The maximum Gasteiger partial charge on any atom is 0.264 e. The number of rotatable bonds is 11. The molecule has 39 heavy (non-hydrogen) atoms. The predicted molar refractivity (Wildman–Crippen MR) is 154 cm³/mol. The molecule has 0 saturated carbocycles. The van der Waals surface area contributed by atoms with E-state index in [4.69, 9.17) is 27.9 Å². The summed E-state index contributed by atoms with van der Waals surface area (Å²) in [7, 11) is -1.24. The fourth-order valence-corrected chi connectivity index (χ4v) is 5.93. The van der Waals surface area contributed by atoms with Crippen molar-refractivity contribution in [1.29, 1.82) is 0 Å². The van der Waals surface area contributed by atoms with Crippen LogP contribution in [0, 0.1) is 6.92 Å². The zero-order chi connectivity index (χ0) is 28.7. The number of sulfonamides is 1. The summed E-state index contributed by atoms with van der Waals surface area (Å²) in [5.74, 6) is -0.550. The Balaban J connectivity index is 2.10. The van der Waals surface area contributed by atoms with Gasteiger partial charge in [0.15, 0.2) is 0 Å². The molecular formula is C28H31Cl2N3O5S. The molecule has 0 aliphatic heterocycles. The third-order valence-electron chi connectivity index (χ3n) is 6.22. The first-order valence-corrected chi connectivity index (χ1v) is 14.4. The number of ether oxygens (including phenoxy) is 1. The zero-order valence-electron chi connectivity index (χ0n) is 22.1. The molecule has 0 spiro atoms. The lowest BCUT2D eigenvalue weighted by molar-refractivity contribution is -0.140. The van der Waals surface area contributed by atoms with Gasteiger partial charge in [-0.15, -0.1) is 0 Å². The minimum Gasteiger partial charge on any atom is -0.497 e. The number of halogens is 2. The number of likely N-dealkylation sites (N-methyl/N-ethyl adjacent to an activating group) is 1. The standard InChI is InChI=1S/C28H31Cl2N3O5S/c1-5-26(28(35)31-3)32(17-20-11-12-21(29)15-25(20)30)27(34)18-33(22-7-6-8-23(16-22)38-4)39(36,37)24-13-9-19(2)10-14-24/h6-16,26H,5,17-18H2,1-4H3,(H,31,35). The molecule has 2 amide bonds. The lowest BCUT2D eigenvalue weighted by Gasteiger charge is -2.33. The molecule has 208 valence electrons. The molecule has 3 rings (SSSR count). The molecule has 1 N–H and O–H groups in total. The molecule has 8 nitrogen and oxygen atoms in total. The number of aryl methyl sites for hydroxylation is 1. The van der Waals surface area contributed by atoms with E-state index in [0.717, 1.165) is 9.87 Å². The molecule has 3 aromatic rings. The summed E-state index contributed by atoms with van der Waals surface area (Å²) in [6, 6.07) is 16.8. The molecule has 0 aliphatic rings. The maximum atomic E-state index is 14.0. The first-order valence-electron chi connectivity index (χ1n) is 12.2. The van der Waals surface area contributed by atoms with Crippen molar-refractivity contribution in [2.24, 2.45) is 0 Å². The Morgan fingerprint density at radius 1 is 1.03 bits per heavy atom. The number of carbonyl (C=O) groups is 2. The van der Waals surface area contributed by atoms with Gasteiger partial charge in [-0.3, -0.25) is 13.9 Å². The van der Waals surface area contributed by atoms with Crippen molar-refractivity contribution in [1.82, 2.24) is 10.2 Å². The zero-order valence-corrected chi connectivity index (χ0v) is 24.5. The van der Waals surface area contributed by atoms with Crippen LogP contribution in [0.15, 0.2) is 71.6 Å². The van der Waals surface area contributed by atoms with Crippen LogP contribution in [0.25, 0.3) is 0 Å². The molecule has 3 aromatic carbocycles. The molecule has 0 aliphatic carbocycles. The summed E-state index contributed by atoms with van der Waals surface area (Å²) in [6.45, 7) is 3.02. The van der Waals surface area contributed by atoms with Crippen LogP contribution in [0.4, 0.5) is 5.69 Å².